The van der Waals surface area contributed by atoms with Gasteiger partial charge in [-0.1, -0.05) is 75.4 Å². The zero-order valence-corrected chi connectivity index (χ0v) is 19.3. The van der Waals surface area contributed by atoms with Crippen LogP contribution in [0, 0.1) is 6.92 Å². The summed E-state index contributed by atoms with van der Waals surface area (Å²) >= 11 is 0. The molecule has 0 radical (unpaired) electrons. The summed E-state index contributed by atoms with van der Waals surface area (Å²) in [6, 6.07) is 18.5. The maximum Gasteiger partial charge on any atom is 0.355 e. The maximum atomic E-state index is 13.0. The van der Waals surface area contributed by atoms with Gasteiger partial charge in [-0.2, -0.15) is 0 Å². The van der Waals surface area contributed by atoms with E-state index in [-0.39, 0.29) is 17.1 Å². The molecule has 0 unspecified atom stereocenters. The molecule has 0 bridgehead atoms. The largest absolute Gasteiger partial charge is 0.461 e. The smallest absolute Gasteiger partial charge is 0.355 e. The highest BCUT2D eigenvalue weighted by molar-refractivity contribution is 6.03. The molecule has 1 heterocycles. The van der Waals surface area contributed by atoms with Crippen molar-refractivity contribution >= 4 is 11.8 Å². The van der Waals surface area contributed by atoms with Crippen LogP contribution in [-0.2, 0) is 23.0 Å². The van der Waals surface area contributed by atoms with Crippen molar-refractivity contribution in [1.82, 2.24) is 4.98 Å². The van der Waals surface area contributed by atoms with Crippen molar-refractivity contribution in [3.63, 3.8) is 0 Å². The molecule has 0 fully saturated rings. The number of carbonyl (C=O) groups excluding carboxylic acids is 2. The number of aromatic amines is 1. The zero-order valence-electron chi connectivity index (χ0n) is 19.3. The van der Waals surface area contributed by atoms with E-state index >= 15 is 0 Å². The van der Waals surface area contributed by atoms with Crippen molar-refractivity contribution in [3.05, 3.63) is 93.8 Å². The summed E-state index contributed by atoms with van der Waals surface area (Å²) in [6.45, 7) is 8.73. The zero-order chi connectivity index (χ0) is 22.9. The second-order valence-corrected chi connectivity index (χ2v) is 9.75. The number of nitrogens with one attached hydrogen (secondary N) is 1. The molecule has 0 amide bonds. The van der Waals surface area contributed by atoms with Gasteiger partial charge in [0.2, 0.25) is 0 Å². The number of hydrogen-bond acceptors (Lipinski definition) is 3. The Labute approximate surface area is 190 Å². The van der Waals surface area contributed by atoms with E-state index in [2.05, 4.69) is 50.0 Å². The lowest BCUT2D eigenvalue weighted by Crippen LogP contribution is -2.19. The minimum atomic E-state index is -0.397. The van der Waals surface area contributed by atoms with Crippen LogP contribution in [0.5, 0.6) is 0 Å². The monoisotopic (exact) mass is 429 g/mol. The van der Waals surface area contributed by atoms with Crippen molar-refractivity contribution in [2.24, 2.45) is 0 Å². The number of aromatic nitrogens is 1. The molecule has 1 N–H and O–H groups in total. The summed E-state index contributed by atoms with van der Waals surface area (Å²) in [5.41, 5.74) is 6.29. The van der Waals surface area contributed by atoms with E-state index in [0.29, 0.717) is 42.7 Å². The molecule has 0 saturated carbocycles. The number of ether oxygens (including phenoxy) is 1. The van der Waals surface area contributed by atoms with Gasteiger partial charge >= 0.3 is 5.97 Å². The van der Waals surface area contributed by atoms with Gasteiger partial charge in [-0.25, -0.2) is 4.79 Å². The van der Waals surface area contributed by atoms with Gasteiger partial charge in [-0.3, -0.25) is 4.79 Å². The minimum Gasteiger partial charge on any atom is -0.461 e. The van der Waals surface area contributed by atoms with E-state index in [0.717, 1.165) is 16.8 Å². The molecule has 0 saturated heterocycles. The number of benzene rings is 2. The number of Topliss-reactive ketones (excluding diaryl/α,β-unsaturated/α-hetero) is 1. The molecule has 1 aromatic heterocycles. The Morgan fingerprint density at radius 3 is 2.38 bits per heavy atom. The van der Waals surface area contributed by atoms with Crippen molar-refractivity contribution in [1.29, 1.82) is 0 Å². The lowest BCUT2D eigenvalue weighted by molar-refractivity contribution is 0.0502. The van der Waals surface area contributed by atoms with Gasteiger partial charge in [0.05, 0.1) is 6.61 Å². The topological polar surface area (TPSA) is 59.2 Å². The van der Waals surface area contributed by atoms with Crippen LogP contribution in [0.4, 0.5) is 0 Å². The molecule has 32 heavy (non-hydrogen) atoms. The first kappa shape index (κ1) is 22.1. The minimum absolute atomic E-state index is 0.0910. The fourth-order valence-electron chi connectivity index (χ4n) is 4.51. The van der Waals surface area contributed by atoms with E-state index < -0.39 is 5.97 Å². The third kappa shape index (κ3) is 4.55. The fourth-order valence-corrected chi connectivity index (χ4v) is 4.51. The van der Waals surface area contributed by atoms with E-state index in [1.165, 1.54) is 5.56 Å². The molecule has 4 nitrogen and oxygen atoms in total. The number of esters is 1. The molecule has 166 valence electrons. The van der Waals surface area contributed by atoms with Crippen LogP contribution in [0.1, 0.15) is 81.9 Å². The predicted octanol–water partition coefficient (Wildman–Crippen LogP) is 5.93. The van der Waals surface area contributed by atoms with Crippen molar-refractivity contribution in [3.8, 4) is 0 Å². The van der Waals surface area contributed by atoms with Crippen molar-refractivity contribution < 1.29 is 14.3 Å². The Morgan fingerprint density at radius 2 is 1.72 bits per heavy atom. The first-order chi connectivity index (χ1) is 15.2. The van der Waals surface area contributed by atoms with E-state index in [9.17, 15) is 9.59 Å². The van der Waals surface area contributed by atoms with Crippen LogP contribution in [-0.4, -0.2) is 23.3 Å². The summed E-state index contributed by atoms with van der Waals surface area (Å²) in [5, 5.41) is 0. The Hall–Kier alpha value is -3.14. The van der Waals surface area contributed by atoms with Gasteiger partial charge in [0.1, 0.15) is 5.69 Å². The van der Waals surface area contributed by atoms with E-state index in [1.54, 1.807) is 0 Å². The second kappa shape index (κ2) is 8.78. The van der Waals surface area contributed by atoms with Crippen LogP contribution in [0.25, 0.3) is 0 Å². The standard InChI is InChI=1S/C28H31NO3/c1-18-25-23(29-26(18)27(31)32-15-14-19-8-6-5-7-9-19)16-21(17-24(25)30)20-10-12-22(13-11-20)28(2,3)4/h5-13,21,29H,14-17H2,1-4H3/t21-/m0/s1. The summed E-state index contributed by atoms with van der Waals surface area (Å²) < 4.78 is 5.50. The molecule has 0 aliphatic heterocycles. The summed E-state index contributed by atoms with van der Waals surface area (Å²) in [5.74, 6) is -0.191. The fraction of sp³-hybridized carbons (Fsp3) is 0.357. The molecule has 1 atom stereocenters. The van der Waals surface area contributed by atoms with Crippen LogP contribution in [0.15, 0.2) is 54.6 Å². The molecule has 1 aliphatic rings. The molecular weight excluding hydrogens is 398 g/mol. The van der Waals surface area contributed by atoms with Gasteiger partial charge in [-0.05, 0) is 46.9 Å². The molecule has 4 rings (SSSR count). The lowest BCUT2D eigenvalue weighted by atomic mass is 9.80. The average Bonchev–Trinajstić information content (AvgIpc) is 3.11. The average molecular weight is 430 g/mol. The Balaban J connectivity index is 1.47. The molecule has 3 aromatic rings. The van der Waals surface area contributed by atoms with E-state index in [1.807, 2.05) is 37.3 Å². The van der Waals surface area contributed by atoms with Gasteiger partial charge in [0.15, 0.2) is 5.78 Å². The van der Waals surface area contributed by atoms with Crippen LogP contribution in [0.3, 0.4) is 0 Å². The highest BCUT2D eigenvalue weighted by Gasteiger charge is 2.32. The lowest BCUT2D eigenvalue weighted by Gasteiger charge is -2.24. The van der Waals surface area contributed by atoms with Gasteiger partial charge in [-0.15, -0.1) is 0 Å². The highest BCUT2D eigenvalue weighted by atomic mass is 16.5. The third-order valence-corrected chi connectivity index (χ3v) is 6.41. The SMILES string of the molecule is Cc1c(C(=O)OCCc2ccccc2)[nH]c2c1C(=O)C[C@@H](c1ccc(C(C)(C)C)cc1)C2. The van der Waals surface area contributed by atoms with Gasteiger partial charge < -0.3 is 9.72 Å². The molecular formula is C28H31NO3. The number of fused-ring (bicyclic) bond motifs is 1. The summed E-state index contributed by atoms with van der Waals surface area (Å²) in [4.78, 5) is 28.9. The van der Waals surface area contributed by atoms with Gasteiger partial charge in [0, 0.05) is 24.1 Å². The number of carbonyl (C=O) groups is 2. The molecule has 1 aliphatic carbocycles. The molecule has 2 aromatic carbocycles. The number of ketones is 1. The Morgan fingerprint density at radius 1 is 1.03 bits per heavy atom. The van der Waals surface area contributed by atoms with Crippen LogP contribution in [0.2, 0.25) is 0 Å². The van der Waals surface area contributed by atoms with Crippen LogP contribution < -0.4 is 0 Å². The summed E-state index contributed by atoms with van der Waals surface area (Å²) in [6.07, 6.45) is 1.84. The van der Waals surface area contributed by atoms with Crippen molar-refractivity contribution in [2.45, 2.75) is 58.3 Å². The van der Waals surface area contributed by atoms with E-state index in [4.69, 9.17) is 4.74 Å². The Kier molecular flexibility index (Phi) is 6.05. The summed E-state index contributed by atoms with van der Waals surface area (Å²) in [7, 11) is 0. The Bertz CT molecular complexity index is 1120. The first-order valence-corrected chi connectivity index (χ1v) is 11.3. The predicted molar refractivity (Wildman–Crippen MR) is 126 cm³/mol. The number of H-pyrrole nitrogens is 1. The first-order valence-electron chi connectivity index (χ1n) is 11.3. The highest BCUT2D eigenvalue weighted by Crippen LogP contribution is 2.36. The quantitative estimate of drug-likeness (QED) is 0.511. The normalized spacial score (nSPS) is 16.0. The molecule has 0 spiro atoms. The van der Waals surface area contributed by atoms with Crippen molar-refractivity contribution in [2.75, 3.05) is 6.61 Å². The number of hydrogen-bond donors (Lipinski definition) is 1. The second-order valence-electron chi connectivity index (χ2n) is 9.75. The maximum absolute atomic E-state index is 13.0. The molecule has 4 heteroatoms. The third-order valence-electron chi connectivity index (χ3n) is 6.41. The van der Waals surface area contributed by atoms with Gasteiger partial charge in [0.25, 0.3) is 0 Å². The number of rotatable bonds is 5. The van der Waals surface area contributed by atoms with Crippen LogP contribution >= 0.6 is 0 Å².